The summed E-state index contributed by atoms with van der Waals surface area (Å²) in [6, 6.07) is 13.1. The molecule has 1 saturated heterocycles. The maximum absolute atomic E-state index is 10.1. The molecule has 1 N–H and O–H groups in total. The fraction of sp³-hybridized carbons (Fsp3) is 0.227. The van der Waals surface area contributed by atoms with Crippen molar-refractivity contribution in [1.82, 2.24) is 19.9 Å². The Morgan fingerprint density at radius 1 is 1.14 bits per heavy atom. The van der Waals surface area contributed by atoms with Gasteiger partial charge in [0.05, 0.1) is 17.1 Å². The molecule has 140 valence electrons. The number of benzene rings is 1. The van der Waals surface area contributed by atoms with Crippen LogP contribution in [0.2, 0.25) is 0 Å². The van der Waals surface area contributed by atoms with E-state index in [-0.39, 0.29) is 11.9 Å². The van der Waals surface area contributed by atoms with Gasteiger partial charge in [-0.1, -0.05) is 36.4 Å². The van der Waals surface area contributed by atoms with Gasteiger partial charge < -0.3 is 9.84 Å². The molecule has 0 radical (unpaired) electrons. The molecule has 6 nitrogen and oxygen atoms in total. The number of likely N-dealkylation sites (N-methyl/N-ethyl adjacent to an activating group) is 1. The first-order valence-corrected chi connectivity index (χ1v) is 9.34. The SMILES string of the molecule is CN1C(c2ccccc2)CC2C=C(Oc3nc(O)c4ccncc4n3)C=CC21. The molecule has 0 amide bonds. The van der Waals surface area contributed by atoms with Crippen LogP contribution in [0.25, 0.3) is 10.9 Å². The van der Waals surface area contributed by atoms with Crippen LogP contribution in [0, 0.1) is 5.92 Å². The van der Waals surface area contributed by atoms with Crippen LogP contribution in [-0.2, 0) is 0 Å². The Morgan fingerprint density at radius 3 is 2.86 bits per heavy atom. The van der Waals surface area contributed by atoms with E-state index < -0.39 is 0 Å². The van der Waals surface area contributed by atoms with Crippen molar-refractivity contribution >= 4 is 10.9 Å². The van der Waals surface area contributed by atoms with Crippen molar-refractivity contribution in [2.75, 3.05) is 7.05 Å². The number of aromatic hydroxyl groups is 1. The van der Waals surface area contributed by atoms with E-state index in [1.54, 1.807) is 18.5 Å². The zero-order valence-electron chi connectivity index (χ0n) is 15.4. The summed E-state index contributed by atoms with van der Waals surface area (Å²) in [5.74, 6) is 0.947. The molecule has 1 fully saturated rings. The molecule has 5 rings (SSSR count). The van der Waals surface area contributed by atoms with Gasteiger partial charge in [-0.3, -0.25) is 9.88 Å². The highest BCUT2D eigenvalue weighted by Crippen LogP contribution is 2.42. The molecule has 2 aliphatic rings. The van der Waals surface area contributed by atoms with E-state index in [0.717, 1.165) is 6.42 Å². The number of likely N-dealkylation sites (tertiary alicyclic amines) is 1. The van der Waals surface area contributed by atoms with Crippen molar-refractivity contribution in [3.05, 3.63) is 78.3 Å². The smallest absolute Gasteiger partial charge is 0.325 e. The summed E-state index contributed by atoms with van der Waals surface area (Å²) < 4.78 is 5.87. The van der Waals surface area contributed by atoms with Crippen molar-refractivity contribution in [1.29, 1.82) is 0 Å². The first kappa shape index (κ1) is 16.9. The number of ether oxygens (including phenoxy) is 1. The van der Waals surface area contributed by atoms with E-state index in [1.165, 1.54) is 5.56 Å². The lowest BCUT2D eigenvalue weighted by Crippen LogP contribution is -2.29. The van der Waals surface area contributed by atoms with Gasteiger partial charge >= 0.3 is 6.01 Å². The number of allylic oxidation sites excluding steroid dienone is 1. The normalized spacial score (nSPS) is 24.2. The summed E-state index contributed by atoms with van der Waals surface area (Å²) in [4.78, 5) is 14.9. The summed E-state index contributed by atoms with van der Waals surface area (Å²) in [5.41, 5.74) is 1.88. The van der Waals surface area contributed by atoms with Gasteiger partial charge in [-0.25, -0.2) is 0 Å². The van der Waals surface area contributed by atoms with Gasteiger partial charge in [-0.2, -0.15) is 9.97 Å². The number of hydrogen-bond donors (Lipinski definition) is 1. The van der Waals surface area contributed by atoms with Crippen LogP contribution < -0.4 is 4.74 Å². The Morgan fingerprint density at radius 2 is 2.00 bits per heavy atom. The molecular weight excluding hydrogens is 352 g/mol. The van der Waals surface area contributed by atoms with Gasteiger partial charge in [-0.15, -0.1) is 0 Å². The van der Waals surface area contributed by atoms with Crippen LogP contribution >= 0.6 is 0 Å². The second-order valence-corrected chi connectivity index (χ2v) is 7.23. The fourth-order valence-electron chi connectivity index (χ4n) is 4.19. The summed E-state index contributed by atoms with van der Waals surface area (Å²) in [7, 11) is 2.17. The number of pyridine rings is 1. The Balaban J connectivity index is 1.39. The fourth-order valence-corrected chi connectivity index (χ4v) is 4.19. The Bertz CT molecular complexity index is 1080. The van der Waals surface area contributed by atoms with E-state index in [1.807, 2.05) is 12.1 Å². The molecule has 1 aliphatic heterocycles. The van der Waals surface area contributed by atoms with Crippen molar-refractivity contribution < 1.29 is 9.84 Å². The highest BCUT2D eigenvalue weighted by molar-refractivity contribution is 5.82. The van der Waals surface area contributed by atoms with Gasteiger partial charge in [0.1, 0.15) is 5.76 Å². The summed E-state index contributed by atoms with van der Waals surface area (Å²) >= 11 is 0. The molecule has 3 unspecified atom stereocenters. The molecule has 0 spiro atoms. The van der Waals surface area contributed by atoms with E-state index in [2.05, 4.69) is 63.3 Å². The lowest BCUT2D eigenvalue weighted by Gasteiger charge is -2.26. The topological polar surface area (TPSA) is 71.4 Å². The van der Waals surface area contributed by atoms with Gasteiger partial charge in [-0.05, 0) is 37.3 Å². The first-order valence-electron chi connectivity index (χ1n) is 9.34. The first-order chi connectivity index (χ1) is 13.7. The molecule has 6 heteroatoms. The second kappa shape index (κ2) is 6.73. The predicted molar refractivity (Wildman–Crippen MR) is 106 cm³/mol. The molecule has 28 heavy (non-hydrogen) atoms. The summed E-state index contributed by atoms with van der Waals surface area (Å²) in [5, 5.41) is 10.7. The predicted octanol–water partition coefficient (Wildman–Crippen LogP) is 3.62. The molecule has 2 aromatic heterocycles. The zero-order valence-corrected chi connectivity index (χ0v) is 15.4. The largest absolute Gasteiger partial charge is 0.493 e. The van der Waals surface area contributed by atoms with Crippen LogP contribution in [0.4, 0.5) is 0 Å². The summed E-state index contributed by atoms with van der Waals surface area (Å²) in [6.45, 7) is 0. The number of aromatic nitrogens is 3. The van der Waals surface area contributed by atoms with E-state index in [0.29, 0.717) is 34.7 Å². The van der Waals surface area contributed by atoms with Crippen LogP contribution in [0.1, 0.15) is 18.0 Å². The number of rotatable bonds is 3. The molecular formula is C22H20N4O2. The second-order valence-electron chi connectivity index (χ2n) is 7.23. The van der Waals surface area contributed by atoms with Gasteiger partial charge in [0.25, 0.3) is 0 Å². The van der Waals surface area contributed by atoms with Gasteiger partial charge in [0.15, 0.2) is 0 Å². The third-order valence-electron chi connectivity index (χ3n) is 5.58. The zero-order chi connectivity index (χ0) is 19.1. The maximum atomic E-state index is 10.1. The standard InChI is InChI=1S/C22H20N4O2/c1-26-19-8-7-16(11-15(19)12-20(26)14-5-3-2-4-6-14)28-22-24-18-13-23-10-9-17(18)21(27)25-22/h2-11,13,15,19-20H,12H2,1H3,(H,24,25,27). The van der Waals surface area contributed by atoms with Crippen molar-refractivity contribution in [3.8, 4) is 11.9 Å². The monoisotopic (exact) mass is 372 g/mol. The van der Waals surface area contributed by atoms with Crippen LogP contribution in [0.3, 0.4) is 0 Å². The van der Waals surface area contributed by atoms with Crippen LogP contribution in [-0.4, -0.2) is 38.0 Å². The number of hydrogen-bond acceptors (Lipinski definition) is 6. The Kier molecular flexibility index (Phi) is 4.06. The average Bonchev–Trinajstić information content (AvgIpc) is 3.05. The maximum Gasteiger partial charge on any atom is 0.325 e. The quantitative estimate of drug-likeness (QED) is 0.757. The minimum atomic E-state index is -0.106. The van der Waals surface area contributed by atoms with Crippen LogP contribution in [0.5, 0.6) is 11.9 Å². The molecule has 1 aromatic carbocycles. The molecule has 0 bridgehead atoms. The van der Waals surface area contributed by atoms with Gasteiger partial charge in [0, 0.05) is 24.2 Å². The minimum absolute atomic E-state index is 0.106. The molecule has 3 atom stereocenters. The molecule has 1 aliphatic carbocycles. The average molecular weight is 372 g/mol. The number of nitrogens with zero attached hydrogens (tertiary/aromatic N) is 4. The summed E-state index contributed by atoms with van der Waals surface area (Å²) in [6.07, 6.45) is 10.5. The lowest BCUT2D eigenvalue weighted by atomic mass is 9.93. The van der Waals surface area contributed by atoms with Gasteiger partial charge in [0.2, 0.25) is 5.88 Å². The lowest BCUT2D eigenvalue weighted by molar-refractivity contribution is 0.266. The highest BCUT2D eigenvalue weighted by Gasteiger charge is 2.38. The third-order valence-corrected chi connectivity index (χ3v) is 5.58. The molecule has 3 aromatic rings. The van der Waals surface area contributed by atoms with E-state index in [9.17, 15) is 5.11 Å². The van der Waals surface area contributed by atoms with Crippen molar-refractivity contribution in [2.24, 2.45) is 5.92 Å². The van der Waals surface area contributed by atoms with Crippen molar-refractivity contribution in [3.63, 3.8) is 0 Å². The molecule has 0 saturated carbocycles. The Hall–Kier alpha value is -3.25. The Labute approximate surface area is 162 Å². The van der Waals surface area contributed by atoms with E-state index in [4.69, 9.17) is 4.74 Å². The highest BCUT2D eigenvalue weighted by atomic mass is 16.5. The van der Waals surface area contributed by atoms with Crippen molar-refractivity contribution in [2.45, 2.75) is 18.5 Å². The van der Waals surface area contributed by atoms with Crippen LogP contribution in [0.15, 0.2) is 72.8 Å². The third kappa shape index (κ3) is 2.92. The number of fused-ring (bicyclic) bond motifs is 2. The minimum Gasteiger partial charge on any atom is -0.493 e. The van der Waals surface area contributed by atoms with E-state index >= 15 is 0 Å². The molecule has 3 heterocycles.